The Bertz CT molecular complexity index is 463. The van der Waals surface area contributed by atoms with E-state index in [9.17, 15) is 0 Å². The maximum atomic E-state index is 4.14. The van der Waals surface area contributed by atoms with Crippen LogP contribution in [0.15, 0.2) is 61.6 Å². The van der Waals surface area contributed by atoms with Crippen molar-refractivity contribution in [2.24, 2.45) is 0 Å². The first-order valence-electron chi connectivity index (χ1n) is 5.37. The minimum absolute atomic E-state index is 0.848. The molecule has 0 saturated heterocycles. The number of hydrogen-bond donors (Lipinski definition) is 0. The van der Waals surface area contributed by atoms with Crippen molar-refractivity contribution in [1.29, 1.82) is 0 Å². The average molecular weight is 211 g/mol. The largest absolute Gasteiger partial charge is 0.252 e. The van der Waals surface area contributed by atoms with Crippen LogP contribution in [-0.2, 0) is 13.0 Å². The number of rotatable bonds is 4. The zero-order valence-electron chi connectivity index (χ0n) is 9.21. The van der Waals surface area contributed by atoms with Gasteiger partial charge in [0.1, 0.15) is 0 Å². The van der Waals surface area contributed by atoms with Crippen molar-refractivity contribution in [2.75, 3.05) is 0 Å². The maximum absolute atomic E-state index is 4.14. The normalized spacial score (nSPS) is 10.0. The van der Waals surface area contributed by atoms with Gasteiger partial charge in [-0.2, -0.15) is 4.57 Å². The second-order valence-corrected chi connectivity index (χ2v) is 3.67. The van der Waals surface area contributed by atoms with Crippen molar-refractivity contribution < 1.29 is 4.57 Å². The molecule has 0 aliphatic heterocycles. The quantitative estimate of drug-likeness (QED) is 0.559. The summed E-state index contributed by atoms with van der Waals surface area (Å²) in [5.41, 5.74) is 2.48. The summed E-state index contributed by atoms with van der Waals surface area (Å²) in [6.45, 7) is 4.64. The van der Waals surface area contributed by atoms with Gasteiger partial charge in [0.2, 0.25) is 5.69 Å². The van der Waals surface area contributed by atoms with Gasteiger partial charge in [-0.15, -0.1) is 6.58 Å². The summed E-state index contributed by atoms with van der Waals surface area (Å²) in [5, 5.41) is 0. The summed E-state index contributed by atoms with van der Waals surface area (Å²) in [7, 11) is 0. The molecule has 0 unspecified atom stereocenters. The van der Waals surface area contributed by atoms with E-state index in [1.165, 1.54) is 11.3 Å². The molecule has 0 fully saturated rings. The standard InChI is InChI=1S/C14H15N2/c1-2-6-14-11-15-9-10-16(14)12-13-7-4-3-5-8-13/h2-5,7-11H,1,6,12H2/q+1. The van der Waals surface area contributed by atoms with E-state index in [-0.39, 0.29) is 0 Å². The Hall–Kier alpha value is -1.96. The minimum atomic E-state index is 0.848. The Morgan fingerprint density at radius 1 is 1.25 bits per heavy atom. The van der Waals surface area contributed by atoms with Crippen LogP contribution < -0.4 is 4.57 Å². The van der Waals surface area contributed by atoms with Crippen LogP contribution in [0.4, 0.5) is 0 Å². The fraction of sp³-hybridized carbons (Fsp3) is 0.143. The van der Waals surface area contributed by atoms with E-state index in [1.807, 2.05) is 30.7 Å². The Labute approximate surface area is 95.9 Å². The van der Waals surface area contributed by atoms with Gasteiger partial charge in [0.25, 0.3) is 0 Å². The summed E-state index contributed by atoms with van der Waals surface area (Å²) in [5.74, 6) is 0. The molecular weight excluding hydrogens is 196 g/mol. The fourth-order valence-corrected chi connectivity index (χ4v) is 1.67. The van der Waals surface area contributed by atoms with Crippen molar-refractivity contribution in [1.82, 2.24) is 4.98 Å². The van der Waals surface area contributed by atoms with Gasteiger partial charge in [0.15, 0.2) is 12.7 Å². The molecule has 0 atom stereocenters. The van der Waals surface area contributed by atoms with E-state index >= 15 is 0 Å². The first kappa shape index (κ1) is 10.6. The van der Waals surface area contributed by atoms with Gasteiger partial charge in [-0.3, -0.25) is 4.98 Å². The highest BCUT2D eigenvalue weighted by Crippen LogP contribution is 1.99. The van der Waals surface area contributed by atoms with Gasteiger partial charge in [0.05, 0.1) is 18.8 Å². The Kier molecular flexibility index (Phi) is 3.44. The van der Waals surface area contributed by atoms with Gasteiger partial charge >= 0.3 is 0 Å². The van der Waals surface area contributed by atoms with Crippen LogP contribution in [0, 0.1) is 0 Å². The molecule has 16 heavy (non-hydrogen) atoms. The summed E-state index contributed by atoms with van der Waals surface area (Å²) >= 11 is 0. The number of benzene rings is 1. The molecule has 1 aromatic carbocycles. The first-order valence-corrected chi connectivity index (χ1v) is 5.37. The minimum Gasteiger partial charge on any atom is -0.252 e. The Balaban J connectivity index is 2.24. The van der Waals surface area contributed by atoms with Crippen LogP contribution in [0.3, 0.4) is 0 Å². The second-order valence-electron chi connectivity index (χ2n) is 3.67. The molecule has 2 heteroatoms. The molecule has 0 N–H and O–H groups in total. The van der Waals surface area contributed by atoms with E-state index in [4.69, 9.17) is 0 Å². The zero-order chi connectivity index (χ0) is 11.2. The summed E-state index contributed by atoms with van der Waals surface area (Å²) < 4.78 is 2.20. The number of nitrogens with zero attached hydrogens (tertiary/aromatic N) is 2. The van der Waals surface area contributed by atoms with Crippen molar-refractivity contribution >= 4 is 0 Å². The third-order valence-electron chi connectivity index (χ3n) is 2.47. The van der Waals surface area contributed by atoms with Crippen LogP contribution >= 0.6 is 0 Å². The molecule has 0 aliphatic carbocycles. The summed E-state index contributed by atoms with van der Waals surface area (Å²) in [4.78, 5) is 4.14. The van der Waals surface area contributed by atoms with Crippen molar-refractivity contribution in [3.8, 4) is 0 Å². The zero-order valence-corrected chi connectivity index (χ0v) is 9.21. The molecule has 0 spiro atoms. The number of hydrogen-bond acceptors (Lipinski definition) is 1. The van der Waals surface area contributed by atoms with Crippen LogP contribution in [0.1, 0.15) is 11.3 Å². The van der Waals surface area contributed by atoms with E-state index in [1.54, 1.807) is 0 Å². The highest BCUT2D eigenvalue weighted by Gasteiger charge is 2.08. The van der Waals surface area contributed by atoms with Gasteiger partial charge < -0.3 is 0 Å². The van der Waals surface area contributed by atoms with Gasteiger partial charge in [-0.25, -0.2) is 0 Å². The molecule has 80 valence electrons. The molecule has 2 aromatic rings. The third-order valence-corrected chi connectivity index (χ3v) is 2.47. The molecule has 2 rings (SSSR count). The summed E-state index contributed by atoms with van der Waals surface area (Å²) in [6, 6.07) is 10.4. The molecule has 0 radical (unpaired) electrons. The van der Waals surface area contributed by atoms with E-state index in [0.29, 0.717) is 0 Å². The number of aromatic nitrogens is 2. The van der Waals surface area contributed by atoms with Gasteiger partial charge in [-0.05, 0) is 0 Å². The molecule has 0 aliphatic rings. The maximum Gasteiger partial charge on any atom is 0.203 e. The predicted octanol–water partition coefficient (Wildman–Crippen LogP) is 2.15. The lowest BCUT2D eigenvalue weighted by molar-refractivity contribution is -0.695. The van der Waals surface area contributed by atoms with Crippen LogP contribution in [0.25, 0.3) is 0 Å². The van der Waals surface area contributed by atoms with E-state index in [0.717, 1.165) is 13.0 Å². The second kappa shape index (κ2) is 5.21. The lowest BCUT2D eigenvalue weighted by atomic mass is 10.2. The molecule has 0 bridgehead atoms. The van der Waals surface area contributed by atoms with Gasteiger partial charge in [0, 0.05) is 5.56 Å². The van der Waals surface area contributed by atoms with Crippen molar-refractivity contribution in [3.05, 3.63) is 72.8 Å². The van der Waals surface area contributed by atoms with Crippen molar-refractivity contribution in [2.45, 2.75) is 13.0 Å². The molecule has 2 nitrogen and oxygen atoms in total. The molecule has 0 saturated carbocycles. The predicted molar refractivity (Wildman–Crippen MR) is 63.9 cm³/mol. The molecular formula is C14H15N2+. The fourth-order valence-electron chi connectivity index (χ4n) is 1.67. The monoisotopic (exact) mass is 211 g/mol. The lowest BCUT2D eigenvalue weighted by Crippen LogP contribution is -2.38. The van der Waals surface area contributed by atoms with Crippen molar-refractivity contribution in [3.63, 3.8) is 0 Å². The molecule has 0 amide bonds. The average Bonchev–Trinajstić information content (AvgIpc) is 2.33. The smallest absolute Gasteiger partial charge is 0.203 e. The highest BCUT2D eigenvalue weighted by molar-refractivity contribution is 5.13. The highest BCUT2D eigenvalue weighted by atomic mass is 15.0. The van der Waals surface area contributed by atoms with E-state index < -0.39 is 0 Å². The summed E-state index contributed by atoms with van der Waals surface area (Å²) in [6.07, 6.45) is 8.46. The molecule has 1 aromatic heterocycles. The first-order chi connectivity index (χ1) is 7.90. The SMILES string of the molecule is C=CCc1cncc[n+]1Cc1ccccc1. The van der Waals surface area contributed by atoms with Crippen LogP contribution in [0.2, 0.25) is 0 Å². The Morgan fingerprint density at radius 2 is 2.06 bits per heavy atom. The lowest BCUT2D eigenvalue weighted by Gasteiger charge is -2.01. The Morgan fingerprint density at radius 3 is 2.81 bits per heavy atom. The van der Waals surface area contributed by atoms with E-state index in [2.05, 4.69) is 40.4 Å². The number of allylic oxidation sites excluding steroid dienone is 1. The van der Waals surface area contributed by atoms with Gasteiger partial charge in [-0.1, -0.05) is 36.4 Å². The van der Waals surface area contributed by atoms with Crippen LogP contribution in [-0.4, -0.2) is 4.98 Å². The van der Waals surface area contributed by atoms with Crippen LogP contribution in [0.5, 0.6) is 0 Å². The molecule has 1 heterocycles. The topological polar surface area (TPSA) is 16.8 Å². The third kappa shape index (κ3) is 2.54.